The van der Waals surface area contributed by atoms with Crippen LogP contribution in [0, 0.1) is 0 Å². The monoisotopic (exact) mass is 288 g/mol. The molecule has 1 radical (unpaired) electrons. The van der Waals surface area contributed by atoms with Crippen LogP contribution in [0.3, 0.4) is 0 Å². The fourth-order valence-electron chi connectivity index (χ4n) is 2.42. The molecule has 0 N–H and O–H groups in total. The molecule has 0 bridgehead atoms. The lowest BCUT2D eigenvalue weighted by Gasteiger charge is -2.49. The maximum atomic E-state index is 12.0. The minimum atomic E-state index is -3.54. The third-order valence-electron chi connectivity index (χ3n) is 2.83. The van der Waals surface area contributed by atoms with Crippen LogP contribution < -0.4 is 0 Å². The number of rotatable bonds is 2. The third-order valence-corrected chi connectivity index (χ3v) is 3.85. The summed E-state index contributed by atoms with van der Waals surface area (Å²) >= 11 is 10.8. The standard InChI is InChI=1S/C9H17Cl2NO3P/c1-8(2)5-7(15-16(10,11)14)6-9(3,4)12(8)13/h7H,5-6H2,1-4H3. The van der Waals surface area contributed by atoms with Gasteiger partial charge in [-0.05, 0) is 63.0 Å². The molecular weight excluding hydrogens is 272 g/mol. The van der Waals surface area contributed by atoms with Crippen molar-refractivity contribution in [3.05, 3.63) is 0 Å². The molecule has 0 saturated carbocycles. The van der Waals surface area contributed by atoms with Crippen molar-refractivity contribution in [3.8, 4) is 0 Å². The van der Waals surface area contributed by atoms with Crippen LogP contribution in [-0.4, -0.2) is 22.2 Å². The molecule has 1 saturated heterocycles. The normalized spacial score (nSPS) is 26.9. The van der Waals surface area contributed by atoms with Crippen LogP contribution in [0.25, 0.3) is 0 Å². The first kappa shape index (κ1) is 14.7. The van der Waals surface area contributed by atoms with Crippen molar-refractivity contribution in [1.29, 1.82) is 0 Å². The topological polar surface area (TPSA) is 49.4 Å². The van der Waals surface area contributed by atoms with Crippen molar-refractivity contribution in [2.24, 2.45) is 0 Å². The highest BCUT2D eigenvalue weighted by Gasteiger charge is 2.47. The highest BCUT2D eigenvalue weighted by molar-refractivity contribution is 8.05. The van der Waals surface area contributed by atoms with Gasteiger partial charge in [0.05, 0.1) is 6.10 Å². The minimum absolute atomic E-state index is 0.351. The Morgan fingerprint density at radius 3 is 1.88 bits per heavy atom. The Labute approximate surface area is 106 Å². The van der Waals surface area contributed by atoms with Crippen molar-refractivity contribution in [2.75, 3.05) is 0 Å². The summed E-state index contributed by atoms with van der Waals surface area (Å²) in [7, 11) is 0. The number of hydrogen-bond donors (Lipinski definition) is 0. The molecule has 16 heavy (non-hydrogen) atoms. The van der Waals surface area contributed by atoms with Crippen LogP contribution in [0.15, 0.2) is 0 Å². The first-order chi connectivity index (χ1) is 6.94. The van der Waals surface area contributed by atoms with Gasteiger partial charge in [-0.3, -0.25) is 4.57 Å². The van der Waals surface area contributed by atoms with Gasteiger partial charge in [0.1, 0.15) is 0 Å². The van der Waals surface area contributed by atoms with Crippen LogP contribution in [-0.2, 0) is 14.3 Å². The molecule has 1 rings (SSSR count). The quantitative estimate of drug-likeness (QED) is 0.723. The largest absolute Gasteiger partial charge is 0.380 e. The molecule has 4 nitrogen and oxygen atoms in total. The van der Waals surface area contributed by atoms with E-state index in [0.29, 0.717) is 12.8 Å². The maximum absolute atomic E-state index is 12.0. The lowest BCUT2D eigenvalue weighted by atomic mass is 9.80. The molecule has 0 aliphatic carbocycles. The van der Waals surface area contributed by atoms with Crippen LogP contribution in [0.5, 0.6) is 0 Å². The van der Waals surface area contributed by atoms with Gasteiger partial charge in [0.25, 0.3) is 0 Å². The van der Waals surface area contributed by atoms with E-state index < -0.39 is 17.2 Å². The second-order valence-corrected chi connectivity index (χ2v) is 9.70. The third kappa shape index (κ3) is 3.59. The van der Waals surface area contributed by atoms with Gasteiger partial charge < -0.3 is 4.52 Å². The molecule has 0 aromatic rings. The van der Waals surface area contributed by atoms with E-state index in [-0.39, 0.29) is 6.10 Å². The number of hydrogen-bond acceptors (Lipinski definition) is 3. The van der Waals surface area contributed by atoms with Gasteiger partial charge in [-0.2, -0.15) is 0 Å². The van der Waals surface area contributed by atoms with Crippen molar-refractivity contribution >= 4 is 28.6 Å². The smallest absolute Gasteiger partial charge is 0.303 e. The molecule has 95 valence electrons. The molecule has 1 fully saturated rings. The number of halogens is 2. The van der Waals surface area contributed by atoms with E-state index in [1.54, 1.807) is 0 Å². The Hall–Kier alpha value is 0.690. The lowest BCUT2D eigenvalue weighted by molar-refractivity contribution is -0.296. The zero-order valence-corrected chi connectivity index (χ0v) is 12.3. The molecule has 0 aromatic carbocycles. The molecule has 0 amide bonds. The Balaban J connectivity index is 2.83. The Morgan fingerprint density at radius 2 is 1.56 bits per heavy atom. The predicted molar refractivity (Wildman–Crippen MR) is 64.1 cm³/mol. The Morgan fingerprint density at radius 1 is 1.19 bits per heavy atom. The van der Waals surface area contributed by atoms with Crippen LogP contribution in [0.4, 0.5) is 0 Å². The zero-order chi connectivity index (χ0) is 12.8. The van der Waals surface area contributed by atoms with E-state index in [1.165, 1.54) is 0 Å². The molecule has 0 atom stereocenters. The molecule has 7 heteroatoms. The van der Waals surface area contributed by atoms with Gasteiger partial charge in [-0.25, -0.2) is 0 Å². The van der Waals surface area contributed by atoms with Gasteiger partial charge in [-0.15, -0.1) is 10.3 Å². The summed E-state index contributed by atoms with van der Waals surface area (Å²) in [6, 6.07) is 0. The van der Waals surface area contributed by atoms with Gasteiger partial charge >= 0.3 is 6.07 Å². The highest BCUT2D eigenvalue weighted by Crippen LogP contribution is 2.60. The van der Waals surface area contributed by atoms with Crippen LogP contribution in [0.2, 0.25) is 0 Å². The molecular formula is C9H17Cl2NO3P. The maximum Gasteiger partial charge on any atom is 0.380 e. The Kier molecular flexibility index (Phi) is 4.07. The van der Waals surface area contributed by atoms with Crippen molar-refractivity contribution in [3.63, 3.8) is 0 Å². The summed E-state index contributed by atoms with van der Waals surface area (Å²) in [5.41, 5.74) is -1.15. The summed E-state index contributed by atoms with van der Waals surface area (Å²) in [6.45, 7) is 7.30. The Bertz CT molecular complexity index is 298. The van der Waals surface area contributed by atoms with Gasteiger partial charge in [0, 0.05) is 11.1 Å². The summed E-state index contributed by atoms with van der Waals surface area (Å²) in [6.07, 6.45) is -2.97. The minimum Gasteiger partial charge on any atom is -0.303 e. The molecule has 0 aromatic heterocycles. The zero-order valence-electron chi connectivity index (χ0n) is 9.87. The first-order valence-corrected chi connectivity index (χ1v) is 8.53. The summed E-state index contributed by atoms with van der Waals surface area (Å²) in [5.74, 6) is 0. The molecule has 1 aliphatic rings. The van der Waals surface area contributed by atoms with Gasteiger partial charge in [0.15, 0.2) is 0 Å². The summed E-state index contributed by atoms with van der Waals surface area (Å²) in [5, 5.41) is 13.1. The van der Waals surface area contributed by atoms with E-state index in [0.717, 1.165) is 5.06 Å². The predicted octanol–water partition coefficient (Wildman–Crippen LogP) is 3.96. The average Bonchev–Trinajstić information content (AvgIpc) is 1.95. The fourth-order valence-corrected chi connectivity index (χ4v) is 3.59. The average molecular weight is 289 g/mol. The molecule has 1 aliphatic heterocycles. The summed E-state index contributed by atoms with van der Waals surface area (Å²) < 4.78 is 16.3. The molecule has 0 spiro atoms. The van der Waals surface area contributed by atoms with Crippen molar-refractivity contribution in [1.82, 2.24) is 5.06 Å². The second-order valence-electron chi connectivity index (χ2n) is 5.47. The van der Waals surface area contributed by atoms with Crippen LogP contribution >= 0.6 is 28.6 Å². The summed E-state index contributed by atoms with van der Waals surface area (Å²) in [4.78, 5) is 0. The number of hydroxylamine groups is 2. The molecule has 0 unspecified atom stereocenters. The number of nitrogens with zero attached hydrogens (tertiary/aromatic N) is 1. The van der Waals surface area contributed by atoms with E-state index in [4.69, 9.17) is 27.0 Å². The van der Waals surface area contributed by atoms with E-state index >= 15 is 0 Å². The van der Waals surface area contributed by atoms with Crippen molar-refractivity contribution < 1.29 is 14.3 Å². The highest BCUT2D eigenvalue weighted by atomic mass is 35.9. The number of piperidine rings is 1. The first-order valence-electron chi connectivity index (χ1n) is 5.09. The van der Waals surface area contributed by atoms with Gasteiger partial charge in [0.2, 0.25) is 0 Å². The van der Waals surface area contributed by atoms with Gasteiger partial charge in [-0.1, -0.05) is 0 Å². The fraction of sp³-hybridized carbons (Fsp3) is 1.00. The van der Waals surface area contributed by atoms with E-state index in [9.17, 15) is 9.77 Å². The second kappa shape index (κ2) is 4.42. The van der Waals surface area contributed by atoms with Crippen LogP contribution in [0.1, 0.15) is 40.5 Å². The van der Waals surface area contributed by atoms with E-state index in [1.807, 2.05) is 27.7 Å². The van der Waals surface area contributed by atoms with E-state index in [2.05, 4.69) is 0 Å². The van der Waals surface area contributed by atoms with Crippen molar-refractivity contribution in [2.45, 2.75) is 57.7 Å². The SMILES string of the molecule is CC1(C)CC(OP(=O)(Cl)Cl)CC(C)(C)N1[O]. The lowest BCUT2D eigenvalue weighted by Crippen LogP contribution is -2.59. The molecule has 1 heterocycles.